The van der Waals surface area contributed by atoms with E-state index in [2.05, 4.69) is 155 Å². The Kier molecular flexibility index (Phi) is 6.48. The first-order chi connectivity index (χ1) is 25.3. The Morgan fingerprint density at radius 3 is 1.94 bits per heavy atom. The number of benzene rings is 7. The van der Waals surface area contributed by atoms with Gasteiger partial charge in [0.25, 0.3) is 0 Å². The maximum absolute atomic E-state index is 7.01. The Labute approximate surface area is 297 Å². The molecule has 4 heterocycles. The molecule has 0 bridgehead atoms. The van der Waals surface area contributed by atoms with Crippen molar-refractivity contribution in [2.45, 2.75) is 18.5 Å². The van der Waals surface area contributed by atoms with Gasteiger partial charge in [-0.2, -0.15) is 0 Å². The SMILES string of the molecule is c1ccc(C2NC(c3ccc4oc5ccccc5c4c3)NC(c3cccc4c3oc3c(-c5cccc6c5sc5ccccc56)cccc34)N2)cc1. The minimum Gasteiger partial charge on any atom is -0.456 e. The van der Waals surface area contributed by atoms with Gasteiger partial charge in [0.15, 0.2) is 0 Å². The first-order valence-electron chi connectivity index (χ1n) is 17.4. The van der Waals surface area contributed by atoms with Gasteiger partial charge in [-0.15, -0.1) is 11.3 Å². The summed E-state index contributed by atoms with van der Waals surface area (Å²) in [5.41, 5.74) is 9.26. The van der Waals surface area contributed by atoms with Crippen molar-refractivity contribution in [2.75, 3.05) is 0 Å². The van der Waals surface area contributed by atoms with E-state index in [0.29, 0.717) is 0 Å². The summed E-state index contributed by atoms with van der Waals surface area (Å²) >= 11 is 1.85. The average molecular weight is 678 g/mol. The molecular formula is C45H31N3O2S. The van der Waals surface area contributed by atoms with Crippen LogP contribution in [0.4, 0.5) is 0 Å². The van der Waals surface area contributed by atoms with E-state index < -0.39 is 0 Å². The first-order valence-corrected chi connectivity index (χ1v) is 18.2. The van der Waals surface area contributed by atoms with Crippen LogP contribution < -0.4 is 16.0 Å². The third-order valence-corrected chi connectivity index (χ3v) is 11.6. The quantitative estimate of drug-likeness (QED) is 0.173. The fraction of sp³-hybridized carbons (Fsp3) is 0.0667. The van der Waals surface area contributed by atoms with Gasteiger partial charge < -0.3 is 8.83 Å². The summed E-state index contributed by atoms with van der Waals surface area (Å²) in [4.78, 5) is 0. The average Bonchev–Trinajstić information content (AvgIpc) is 3.89. The van der Waals surface area contributed by atoms with E-state index >= 15 is 0 Å². The second kappa shape index (κ2) is 11.4. The number of fused-ring (bicyclic) bond motifs is 9. The molecular weight excluding hydrogens is 647 g/mol. The Morgan fingerprint density at radius 1 is 0.412 bits per heavy atom. The highest BCUT2D eigenvalue weighted by atomic mass is 32.1. The molecule has 0 spiro atoms. The summed E-state index contributed by atoms with van der Waals surface area (Å²) in [6.07, 6.45) is -0.475. The van der Waals surface area contributed by atoms with Crippen LogP contribution in [0.3, 0.4) is 0 Å². The predicted molar refractivity (Wildman–Crippen MR) is 210 cm³/mol. The molecule has 51 heavy (non-hydrogen) atoms. The van der Waals surface area contributed by atoms with Crippen LogP contribution in [0.2, 0.25) is 0 Å². The van der Waals surface area contributed by atoms with Gasteiger partial charge in [0.1, 0.15) is 22.3 Å². The van der Waals surface area contributed by atoms with E-state index in [9.17, 15) is 0 Å². The Bertz CT molecular complexity index is 2940. The summed E-state index contributed by atoms with van der Waals surface area (Å²) in [6, 6.07) is 53.6. The topological polar surface area (TPSA) is 62.4 Å². The van der Waals surface area contributed by atoms with Crippen molar-refractivity contribution >= 4 is 75.4 Å². The van der Waals surface area contributed by atoms with Crippen molar-refractivity contribution in [1.29, 1.82) is 0 Å². The van der Waals surface area contributed by atoms with Crippen LogP contribution in [-0.2, 0) is 0 Å². The van der Waals surface area contributed by atoms with Crippen LogP contribution in [-0.4, -0.2) is 0 Å². The zero-order valence-corrected chi connectivity index (χ0v) is 28.2. The molecule has 3 unspecified atom stereocenters. The third-order valence-electron chi connectivity index (χ3n) is 10.4. The summed E-state index contributed by atoms with van der Waals surface area (Å²) in [5.74, 6) is 0. The zero-order valence-electron chi connectivity index (χ0n) is 27.4. The summed E-state index contributed by atoms with van der Waals surface area (Å²) in [6.45, 7) is 0. The van der Waals surface area contributed by atoms with Gasteiger partial charge >= 0.3 is 0 Å². The lowest BCUT2D eigenvalue weighted by Crippen LogP contribution is -2.54. The molecule has 0 saturated carbocycles. The highest BCUT2D eigenvalue weighted by Crippen LogP contribution is 2.44. The van der Waals surface area contributed by atoms with E-state index in [4.69, 9.17) is 8.83 Å². The molecule has 3 aromatic heterocycles. The van der Waals surface area contributed by atoms with Crippen LogP contribution >= 0.6 is 11.3 Å². The molecule has 0 aliphatic carbocycles. The summed E-state index contributed by atoms with van der Waals surface area (Å²) in [7, 11) is 0. The van der Waals surface area contributed by atoms with E-state index in [-0.39, 0.29) is 18.5 Å². The van der Waals surface area contributed by atoms with Crippen molar-refractivity contribution in [3.05, 3.63) is 168 Å². The molecule has 0 amide bonds. The van der Waals surface area contributed by atoms with Gasteiger partial charge in [-0.05, 0) is 35.4 Å². The second-order valence-corrected chi connectivity index (χ2v) is 14.4. The second-order valence-electron chi connectivity index (χ2n) is 13.4. The molecule has 1 saturated heterocycles. The van der Waals surface area contributed by atoms with E-state index in [1.165, 1.54) is 31.3 Å². The lowest BCUT2D eigenvalue weighted by molar-refractivity contribution is 0.203. The molecule has 244 valence electrons. The Balaban J connectivity index is 1.05. The van der Waals surface area contributed by atoms with Crippen LogP contribution in [0, 0.1) is 0 Å². The van der Waals surface area contributed by atoms with Crippen LogP contribution in [0.5, 0.6) is 0 Å². The lowest BCUT2D eigenvalue weighted by Gasteiger charge is -2.39. The lowest BCUT2D eigenvalue weighted by atomic mass is 9.99. The monoisotopic (exact) mass is 677 g/mol. The van der Waals surface area contributed by atoms with E-state index in [0.717, 1.165) is 60.6 Å². The summed E-state index contributed by atoms with van der Waals surface area (Å²) < 4.78 is 15.8. The Morgan fingerprint density at radius 2 is 1.06 bits per heavy atom. The highest BCUT2D eigenvalue weighted by molar-refractivity contribution is 7.26. The Hall–Kier alpha value is -5.76. The first kappa shape index (κ1) is 29.0. The van der Waals surface area contributed by atoms with Crippen molar-refractivity contribution in [2.24, 2.45) is 0 Å². The number of hydrogen-bond donors (Lipinski definition) is 3. The molecule has 1 aliphatic heterocycles. The van der Waals surface area contributed by atoms with E-state index in [1.54, 1.807) is 0 Å². The largest absolute Gasteiger partial charge is 0.456 e. The van der Waals surface area contributed by atoms with Crippen molar-refractivity contribution in [3.8, 4) is 11.1 Å². The highest BCUT2D eigenvalue weighted by Gasteiger charge is 2.32. The van der Waals surface area contributed by atoms with Gasteiger partial charge in [-0.3, -0.25) is 16.0 Å². The predicted octanol–water partition coefficient (Wildman–Crippen LogP) is 11.7. The van der Waals surface area contributed by atoms with Crippen molar-refractivity contribution in [1.82, 2.24) is 16.0 Å². The molecule has 11 rings (SSSR count). The number of nitrogens with one attached hydrogen (secondary N) is 3. The maximum atomic E-state index is 7.01. The molecule has 1 fully saturated rings. The fourth-order valence-electron chi connectivity index (χ4n) is 8.02. The fourth-order valence-corrected chi connectivity index (χ4v) is 9.25. The maximum Gasteiger partial charge on any atom is 0.143 e. The molecule has 0 radical (unpaired) electrons. The van der Waals surface area contributed by atoms with Gasteiger partial charge in [0.2, 0.25) is 0 Å². The molecule has 1 aliphatic rings. The number of rotatable bonds is 4. The van der Waals surface area contributed by atoms with Gasteiger partial charge in [0, 0.05) is 58.4 Å². The number of para-hydroxylation sites is 3. The molecule has 6 heteroatoms. The smallest absolute Gasteiger partial charge is 0.143 e. The molecule has 3 N–H and O–H groups in total. The standard InChI is InChI=1S/C45H31N3O2S/c1-2-11-26(12-3-1)43-46-44(27-23-24-38-36(25-27)28-13-4-6-21-37(28)49-38)48-45(47-43)35-20-9-16-31-30-15-8-17-32(40(30)50-41(31)35)34-19-10-18-33-29-14-5-7-22-39(29)51-42(33)34/h1-25,43-48H. The van der Waals surface area contributed by atoms with Crippen LogP contribution in [0.15, 0.2) is 160 Å². The summed E-state index contributed by atoms with van der Waals surface area (Å²) in [5, 5.41) is 18.6. The minimum atomic E-state index is -0.211. The van der Waals surface area contributed by atoms with Crippen molar-refractivity contribution < 1.29 is 8.83 Å². The molecule has 7 aromatic carbocycles. The third kappa shape index (κ3) is 4.58. The molecule has 10 aromatic rings. The number of furan rings is 2. The normalized spacial score (nSPS) is 18.2. The number of hydrogen-bond acceptors (Lipinski definition) is 6. The number of thiophene rings is 1. The van der Waals surface area contributed by atoms with Crippen LogP contribution in [0.25, 0.3) is 75.2 Å². The zero-order chi connectivity index (χ0) is 33.5. The van der Waals surface area contributed by atoms with Crippen LogP contribution in [0.1, 0.15) is 35.2 Å². The minimum absolute atomic E-state index is 0.111. The van der Waals surface area contributed by atoms with Gasteiger partial charge in [-0.1, -0.05) is 127 Å². The van der Waals surface area contributed by atoms with E-state index in [1.807, 2.05) is 23.5 Å². The van der Waals surface area contributed by atoms with Crippen molar-refractivity contribution in [3.63, 3.8) is 0 Å². The van der Waals surface area contributed by atoms with Gasteiger partial charge in [-0.25, -0.2) is 0 Å². The molecule has 3 atom stereocenters. The molecule has 5 nitrogen and oxygen atoms in total. The van der Waals surface area contributed by atoms with Gasteiger partial charge in [0.05, 0.1) is 18.5 Å².